The molecule has 0 spiro atoms. The van der Waals surface area contributed by atoms with Crippen LogP contribution in [0, 0.1) is 0 Å². The van der Waals surface area contributed by atoms with Crippen LogP contribution in [0.25, 0.3) is 0 Å². The van der Waals surface area contributed by atoms with Crippen molar-refractivity contribution < 1.29 is 13.2 Å². The maximum absolute atomic E-state index is 12.3. The molecule has 164 valence electrons. The number of methoxy groups -OCH3 is 1. The zero-order chi connectivity index (χ0) is 21.7. The standard InChI is InChI=1S/C23H33N3O3S/c1-17(2)26(30(4,27)28)20-12-13-22(29-3)19(15-20)16-25-21-11-8-14-24-23(21)18-9-6-5-7-10-18/h5-7,9-10,12-13,15,17,21,23-25H,8,11,14,16H2,1-4H3/t21-,23-/m1/s1. The minimum Gasteiger partial charge on any atom is -0.496 e. The van der Waals surface area contributed by atoms with Crippen LogP contribution in [0.5, 0.6) is 5.75 Å². The molecule has 0 saturated carbocycles. The van der Waals surface area contributed by atoms with Crippen molar-refractivity contribution in [3.05, 3.63) is 59.7 Å². The highest BCUT2D eigenvalue weighted by atomic mass is 32.2. The Morgan fingerprint density at radius 3 is 2.57 bits per heavy atom. The summed E-state index contributed by atoms with van der Waals surface area (Å²) >= 11 is 0. The molecule has 2 atom stereocenters. The van der Waals surface area contributed by atoms with Gasteiger partial charge in [-0.3, -0.25) is 4.31 Å². The van der Waals surface area contributed by atoms with Gasteiger partial charge in [0.15, 0.2) is 0 Å². The first kappa shape index (κ1) is 22.6. The molecule has 7 heteroatoms. The Balaban J connectivity index is 1.83. The lowest BCUT2D eigenvalue weighted by molar-refractivity contribution is 0.303. The predicted octanol–water partition coefficient (Wildman–Crippen LogP) is 3.45. The SMILES string of the molecule is COc1ccc(N(C(C)C)S(C)(=O)=O)cc1CN[C@@H]1CCCN[C@@H]1c1ccccc1. The van der Waals surface area contributed by atoms with Crippen molar-refractivity contribution >= 4 is 15.7 Å². The van der Waals surface area contributed by atoms with Gasteiger partial charge in [0.1, 0.15) is 5.75 Å². The zero-order valence-electron chi connectivity index (χ0n) is 18.3. The van der Waals surface area contributed by atoms with E-state index in [1.807, 2.05) is 32.0 Å². The van der Waals surface area contributed by atoms with Gasteiger partial charge in [0.05, 0.1) is 19.1 Å². The lowest BCUT2D eigenvalue weighted by Gasteiger charge is -2.34. The molecular weight excluding hydrogens is 398 g/mol. The molecule has 0 aliphatic carbocycles. The van der Waals surface area contributed by atoms with Crippen molar-refractivity contribution in [1.82, 2.24) is 10.6 Å². The molecule has 0 unspecified atom stereocenters. The van der Waals surface area contributed by atoms with Crippen LogP contribution in [0.1, 0.15) is 43.9 Å². The van der Waals surface area contributed by atoms with Crippen molar-refractivity contribution in [3.63, 3.8) is 0 Å². The molecule has 1 aliphatic heterocycles. The molecule has 0 bridgehead atoms. The Labute approximate surface area is 180 Å². The number of hydrogen-bond donors (Lipinski definition) is 2. The predicted molar refractivity (Wildman–Crippen MR) is 123 cm³/mol. The highest BCUT2D eigenvalue weighted by Gasteiger charge is 2.26. The topological polar surface area (TPSA) is 70.7 Å². The van der Waals surface area contributed by atoms with Crippen LogP contribution in [0.4, 0.5) is 5.69 Å². The molecule has 2 aromatic carbocycles. The Hall–Kier alpha value is -2.09. The van der Waals surface area contributed by atoms with Crippen molar-refractivity contribution in [3.8, 4) is 5.75 Å². The summed E-state index contributed by atoms with van der Waals surface area (Å²) in [5.41, 5.74) is 2.88. The van der Waals surface area contributed by atoms with Crippen LogP contribution in [0.15, 0.2) is 48.5 Å². The van der Waals surface area contributed by atoms with E-state index in [9.17, 15) is 8.42 Å². The van der Waals surface area contributed by atoms with Crippen LogP contribution in [-0.4, -0.2) is 40.4 Å². The van der Waals surface area contributed by atoms with E-state index in [-0.39, 0.29) is 18.1 Å². The minimum absolute atomic E-state index is 0.167. The molecule has 1 fully saturated rings. The van der Waals surface area contributed by atoms with Gasteiger partial charge in [0.25, 0.3) is 0 Å². The van der Waals surface area contributed by atoms with E-state index < -0.39 is 10.0 Å². The van der Waals surface area contributed by atoms with Crippen LogP contribution < -0.4 is 19.7 Å². The van der Waals surface area contributed by atoms with Crippen molar-refractivity contribution in [2.24, 2.45) is 0 Å². The third kappa shape index (κ3) is 5.33. The van der Waals surface area contributed by atoms with Gasteiger partial charge in [0, 0.05) is 30.2 Å². The van der Waals surface area contributed by atoms with Crippen molar-refractivity contribution in [2.45, 2.75) is 51.4 Å². The highest BCUT2D eigenvalue weighted by Crippen LogP contribution is 2.29. The molecule has 2 N–H and O–H groups in total. The summed E-state index contributed by atoms with van der Waals surface area (Å²) in [6.45, 7) is 5.36. The fourth-order valence-electron chi connectivity index (χ4n) is 4.27. The fraction of sp³-hybridized carbons (Fsp3) is 0.478. The van der Waals surface area contributed by atoms with Gasteiger partial charge in [-0.25, -0.2) is 8.42 Å². The van der Waals surface area contributed by atoms with E-state index in [1.54, 1.807) is 13.2 Å². The first-order chi connectivity index (χ1) is 14.3. The molecule has 6 nitrogen and oxygen atoms in total. The molecule has 1 aliphatic rings. The summed E-state index contributed by atoms with van der Waals surface area (Å²) < 4.78 is 31.6. The molecule has 2 aromatic rings. The fourth-order valence-corrected chi connectivity index (χ4v) is 5.54. The highest BCUT2D eigenvalue weighted by molar-refractivity contribution is 7.92. The molecule has 30 heavy (non-hydrogen) atoms. The summed E-state index contributed by atoms with van der Waals surface area (Å²) in [7, 11) is -1.73. The number of sulfonamides is 1. The lowest BCUT2D eigenvalue weighted by atomic mass is 9.92. The van der Waals surface area contributed by atoms with E-state index in [0.717, 1.165) is 30.7 Å². The third-order valence-corrected chi connectivity index (χ3v) is 6.86. The van der Waals surface area contributed by atoms with E-state index >= 15 is 0 Å². The second-order valence-electron chi connectivity index (χ2n) is 8.12. The Bertz CT molecular complexity index is 932. The number of nitrogens with one attached hydrogen (secondary N) is 2. The second-order valence-corrected chi connectivity index (χ2v) is 9.98. The lowest BCUT2D eigenvalue weighted by Crippen LogP contribution is -2.45. The van der Waals surface area contributed by atoms with Gasteiger partial charge in [-0.15, -0.1) is 0 Å². The van der Waals surface area contributed by atoms with Gasteiger partial charge in [0.2, 0.25) is 10.0 Å². The third-order valence-electron chi connectivity index (χ3n) is 5.52. The van der Waals surface area contributed by atoms with Crippen LogP contribution in [0.3, 0.4) is 0 Å². The molecule has 3 rings (SSSR count). The Morgan fingerprint density at radius 1 is 1.20 bits per heavy atom. The van der Waals surface area contributed by atoms with Crippen molar-refractivity contribution in [2.75, 3.05) is 24.2 Å². The number of rotatable bonds is 8. The molecule has 0 radical (unpaired) electrons. The van der Waals surface area contributed by atoms with E-state index in [1.165, 1.54) is 16.1 Å². The molecular formula is C23H33N3O3S. The molecule has 1 saturated heterocycles. The smallest absolute Gasteiger partial charge is 0.232 e. The van der Waals surface area contributed by atoms with Crippen LogP contribution in [-0.2, 0) is 16.6 Å². The molecule has 0 aromatic heterocycles. The molecule has 1 heterocycles. The molecule has 0 amide bonds. The average Bonchev–Trinajstić information content (AvgIpc) is 2.72. The summed E-state index contributed by atoms with van der Waals surface area (Å²) in [5.74, 6) is 0.753. The largest absolute Gasteiger partial charge is 0.496 e. The number of hydrogen-bond acceptors (Lipinski definition) is 5. The van der Waals surface area contributed by atoms with Gasteiger partial charge < -0.3 is 15.4 Å². The number of piperidine rings is 1. The van der Waals surface area contributed by atoms with Gasteiger partial charge in [-0.2, -0.15) is 0 Å². The summed E-state index contributed by atoms with van der Waals surface area (Å²) in [4.78, 5) is 0. The number of anilines is 1. The Kier molecular flexibility index (Phi) is 7.39. The minimum atomic E-state index is -3.37. The van der Waals surface area contributed by atoms with Gasteiger partial charge in [-0.1, -0.05) is 30.3 Å². The normalized spacial score (nSPS) is 19.6. The van der Waals surface area contributed by atoms with Crippen LogP contribution in [0.2, 0.25) is 0 Å². The Morgan fingerprint density at radius 2 is 1.93 bits per heavy atom. The number of nitrogens with zero attached hydrogens (tertiary/aromatic N) is 1. The van der Waals surface area contributed by atoms with E-state index in [2.05, 4.69) is 34.9 Å². The summed E-state index contributed by atoms with van der Waals surface area (Å²) in [6, 6.07) is 16.4. The summed E-state index contributed by atoms with van der Waals surface area (Å²) in [5, 5.41) is 7.32. The van der Waals surface area contributed by atoms with Gasteiger partial charge >= 0.3 is 0 Å². The first-order valence-corrected chi connectivity index (χ1v) is 12.3. The van der Waals surface area contributed by atoms with Crippen LogP contribution >= 0.6 is 0 Å². The van der Waals surface area contributed by atoms with E-state index in [4.69, 9.17) is 4.74 Å². The number of ether oxygens (including phenoxy) is 1. The van der Waals surface area contributed by atoms with Gasteiger partial charge in [-0.05, 0) is 57.0 Å². The zero-order valence-corrected chi connectivity index (χ0v) is 19.1. The maximum Gasteiger partial charge on any atom is 0.232 e. The summed E-state index contributed by atoms with van der Waals surface area (Å²) in [6.07, 6.45) is 3.44. The quantitative estimate of drug-likeness (QED) is 0.670. The van der Waals surface area contributed by atoms with Crippen molar-refractivity contribution in [1.29, 1.82) is 0 Å². The maximum atomic E-state index is 12.3. The number of benzene rings is 2. The first-order valence-electron chi connectivity index (χ1n) is 10.5. The van der Waals surface area contributed by atoms with E-state index in [0.29, 0.717) is 12.2 Å². The second kappa shape index (κ2) is 9.81. The average molecular weight is 432 g/mol. The monoisotopic (exact) mass is 431 g/mol.